The molecule has 0 saturated carbocycles. The van der Waals surface area contributed by atoms with Crippen LogP contribution in [0.4, 0.5) is 11.4 Å². The molecule has 0 amide bonds. The van der Waals surface area contributed by atoms with Crippen LogP contribution in [0.1, 0.15) is 15.1 Å². The maximum Gasteiger partial charge on any atom is 0.0553 e. The summed E-state index contributed by atoms with van der Waals surface area (Å²) in [7, 11) is 0. The predicted octanol–water partition coefficient (Wildman–Crippen LogP) is 4.66. The van der Waals surface area contributed by atoms with Crippen molar-refractivity contribution in [1.29, 1.82) is 0 Å². The molecule has 1 aliphatic rings. The number of hydrogen-bond acceptors (Lipinski definition) is 3. The smallest absolute Gasteiger partial charge is 0.0553 e. The first-order chi connectivity index (χ1) is 12.1. The zero-order valence-electron chi connectivity index (χ0n) is 17.6. The standard InChI is InChI=1S/C17H20N2S.ClH/c1-13(18(2)3)12-19-14-8-4-6-10-16(14)20-17-11-7-5-9-15(17)19;/h4-11,13H,12H2,1-3H3;1H/i2D3,3D3;. The van der Waals surface area contributed by atoms with Crippen LogP contribution in [-0.4, -0.2) is 31.4 Å². The summed E-state index contributed by atoms with van der Waals surface area (Å²) in [4.78, 5) is 4.78. The zero-order chi connectivity index (χ0) is 19.1. The second-order valence-electron chi connectivity index (χ2n) is 4.87. The summed E-state index contributed by atoms with van der Waals surface area (Å²) in [5.74, 6) is 0. The SMILES string of the molecule is Cl.[2H]C([2H])([2H])N(C(C)CN1c2ccccc2Sc2ccccc21)C([2H])([2H])[2H]. The highest BCUT2D eigenvalue weighted by Crippen LogP contribution is 2.47. The molecule has 0 aromatic heterocycles. The Balaban J connectivity index is 0.00000261. The topological polar surface area (TPSA) is 6.48 Å². The van der Waals surface area contributed by atoms with Crippen LogP contribution in [0.3, 0.4) is 0 Å². The minimum Gasteiger partial charge on any atom is -0.338 e. The van der Waals surface area contributed by atoms with Crippen LogP contribution in [0.2, 0.25) is 0 Å². The summed E-state index contributed by atoms with van der Waals surface area (Å²) in [6, 6.07) is 15.0. The molecule has 0 saturated heterocycles. The van der Waals surface area contributed by atoms with E-state index in [0.717, 1.165) is 21.2 Å². The highest BCUT2D eigenvalue weighted by atomic mass is 35.5. The van der Waals surface area contributed by atoms with Gasteiger partial charge in [0.25, 0.3) is 0 Å². The Kier molecular flexibility index (Phi) is 3.13. The Morgan fingerprint density at radius 2 is 1.57 bits per heavy atom. The molecule has 0 radical (unpaired) electrons. The van der Waals surface area contributed by atoms with Crippen molar-refractivity contribution in [3.63, 3.8) is 0 Å². The number of nitrogens with zero attached hydrogens (tertiary/aromatic N) is 2. The Morgan fingerprint density at radius 1 is 1.05 bits per heavy atom. The van der Waals surface area contributed by atoms with Crippen molar-refractivity contribution in [2.24, 2.45) is 0 Å². The minimum atomic E-state index is -2.70. The van der Waals surface area contributed by atoms with Gasteiger partial charge in [-0.05, 0) is 45.1 Å². The summed E-state index contributed by atoms with van der Waals surface area (Å²) < 4.78 is 46.0. The van der Waals surface area contributed by atoms with E-state index in [1.165, 1.54) is 0 Å². The number of likely N-dealkylation sites (N-methyl/N-ethyl adjacent to an activating group) is 1. The molecule has 0 N–H and O–H groups in total. The fourth-order valence-electron chi connectivity index (χ4n) is 2.32. The molecule has 21 heavy (non-hydrogen) atoms. The quantitative estimate of drug-likeness (QED) is 0.810. The van der Waals surface area contributed by atoms with Gasteiger partial charge in [-0.25, -0.2) is 0 Å². The number of halogens is 1. The van der Waals surface area contributed by atoms with E-state index in [1.54, 1.807) is 18.7 Å². The van der Waals surface area contributed by atoms with Crippen molar-refractivity contribution < 1.29 is 8.22 Å². The van der Waals surface area contributed by atoms with Gasteiger partial charge in [-0.2, -0.15) is 0 Å². The Hall–Kier alpha value is -1.16. The second-order valence-corrected chi connectivity index (χ2v) is 5.95. The van der Waals surface area contributed by atoms with Gasteiger partial charge in [-0.3, -0.25) is 0 Å². The molecule has 1 heterocycles. The Labute approximate surface area is 146 Å². The molecule has 1 aliphatic heterocycles. The van der Waals surface area contributed by atoms with Gasteiger partial charge < -0.3 is 9.80 Å². The third kappa shape index (κ3) is 3.20. The zero-order valence-corrected chi connectivity index (χ0v) is 13.2. The fraction of sp³-hybridized carbons (Fsp3) is 0.294. The summed E-state index contributed by atoms with van der Waals surface area (Å²) in [5, 5.41) is 0. The van der Waals surface area contributed by atoms with Gasteiger partial charge in [0.1, 0.15) is 0 Å². The number of para-hydroxylation sites is 2. The minimum absolute atomic E-state index is 0. The molecule has 0 spiro atoms. The van der Waals surface area contributed by atoms with Gasteiger partial charge in [0.2, 0.25) is 0 Å². The number of benzene rings is 2. The van der Waals surface area contributed by atoms with Gasteiger partial charge >= 0.3 is 0 Å². The van der Waals surface area contributed by atoms with Gasteiger partial charge in [0.15, 0.2) is 0 Å². The van der Waals surface area contributed by atoms with Crippen LogP contribution in [0.15, 0.2) is 58.3 Å². The summed E-state index contributed by atoms with van der Waals surface area (Å²) in [5.41, 5.74) is 1.91. The predicted molar refractivity (Wildman–Crippen MR) is 94.4 cm³/mol. The summed E-state index contributed by atoms with van der Waals surface area (Å²) in [6.07, 6.45) is 0. The van der Waals surface area contributed by atoms with E-state index in [-0.39, 0.29) is 19.0 Å². The molecule has 1 atom stereocenters. The van der Waals surface area contributed by atoms with Gasteiger partial charge in [-0.15, -0.1) is 12.4 Å². The van der Waals surface area contributed by atoms with Gasteiger partial charge in [0.05, 0.1) is 11.4 Å². The van der Waals surface area contributed by atoms with Crippen molar-refractivity contribution >= 4 is 35.5 Å². The third-order valence-electron chi connectivity index (χ3n) is 3.42. The largest absolute Gasteiger partial charge is 0.338 e. The van der Waals surface area contributed by atoms with Crippen LogP contribution in [-0.2, 0) is 0 Å². The van der Waals surface area contributed by atoms with Crippen molar-refractivity contribution in [3.8, 4) is 0 Å². The maximum atomic E-state index is 7.66. The first-order valence-electron chi connectivity index (χ1n) is 9.52. The molecule has 2 aromatic rings. The maximum absolute atomic E-state index is 7.66. The van der Waals surface area contributed by atoms with Gasteiger partial charge in [0, 0.05) is 30.6 Å². The molecule has 3 rings (SSSR count). The van der Waals surface area contributed by atoms with Crippen LogP contribution in [0.5, 0.6) is 0 Å². The molecule has 0 fully saturated rings. The van der Waals surface area contributed by atoms with E-state index >= 15 is 0 Å². The molecular formula is C17H21ClN2S. The lowest BCUT2D eigenvalue weighted by atomic mass is 10.2. The lowest BCUT2D eigenvalue weighted by Gasteiger charge is -2.36. The number of fused-ring (bicyclic) bond motifs is 2. The number of rotatable bonds is 3. The molecule has 4 heteroatoms. The highest BCUT2D eigenvalue weighted by Gasteiger charge is 2.24. The first kappa shape index (κ1) is 9.78. The lowest BCUT2D eigenvalue weighted by molar-refractivity contribution is 0.319. The van der Waals surface area contributed by atoms with E-state index in [4.69, 9.17) is 8.22 Å². The van der Waals surface area contributed by atoms with Crippen molar-refractivity contribution in [2.75, 3.05) is 25.4 Å². The van der Waals surface area contributed by atoms with E-state index in [1.807, 2.05) is 53.4 Å². The third-order valence-corrected chi connectivity index (χ3v) is 4.55. The molecule has 1 unspecified atom stereocenters. The van der Waals surface area contributed by atoms with Crippen molar-refractivity contribution in [1.82, 2.24) is 4.90 Å². The van der Waals surface area contributed by atoms with Gasteiger partial charge in [-0.1, -0.05) is 36.0 Å². The molecule has 0 aliphatic carbocycles. The van der Waals surface area contributed by atoms with E-state index < -0.39 is 20.0 Å². The molecule has 2 aromatic carbocycles. The van der Waals surface area contributed by atoms with Crippen molar-refractivity contribution in [3.05, 3.63) is 48.5 Å². The van der Waals surface area contributed by atoms with E-state index in [9.17, 15) is 0 Å². The number of anilines is 2. The van der Waals surface area contributed by atoms with Crippen LogP contribution in [0.25, 0.3) is 0 Å². The van der Waals surface area contributed by atoms with E-state index in [2.05, 4.69) is 0 Å². The lowest BCUT2D eigenvalue weighted by Crippen LogP contribution is -2.37. The monoisotopic (exact) mass is 326 g/mol. The van der Waals surface area contributed by atoms with Crippen LogP contribution < -0.4 is 4.90 Å². The summed E-state index contributed by atoms with van der Waals surface area (Å²) in [6.45, 7) is -3.50. The molecule has 112 valence electrons. The fourth-order valence-corrected chi connectivity index (χ4v) is 3.42. The Bertz CT molecular complexity index is 736. The first-order valence-corrected chi connectivity index (χ1v) is 7.33. The average molecular weight is 327 g/mol. The molecule has 2 nitrogen and oxygen atoms in total. The average Bonchev–Trinajstić information content (AvgIpc) is 2.51. The number of hydrogen-bond donors (Lipinski definition) is 0. The van der Waals surface area contributed by atoms with Crippen LogP contribution in [0, 0.1) is 0 Å². The van der Waals surface area contributed by atoms with Crippen LogP contribution >= 0.6 is 24.2 Å². The Morgan fingerprint density at radius 3 is 2.10 bits per heavy atom. The van der Waals surface area contributed by atoms with Crippen molar-refractivity contribution in [2.45, 2.75) is 22.8 Å². The molecule has 0 bridgehead atoms. The van der Waals surface area contributed by atoms with E-state index in [0.29, 0.717) is 4.90 Å². The normalized spacial score (nSPS) is 19.6. The second kappa shape index (κ2) is 6.73. The highest BCUT2D eigenvalue weighted by molar-refractivity contribution is 7.99. The molecular weight excluding hydrogens is 300 g/mol. The summed E-state index contributed by atoms with van der Waals surface area (Å²) >= 11 is 1.66.